The Labute approximate surface area is 94.8 Å². The van der Waals surface area contributed by atoms with Gasteiger partial charge in [-0.2, -0.15) is 5.10 Å². The first-order valence-electron chi connectivity index (χ1n) is 4.97. The number of nitrogens with zero attached hydrogens (tertiary/aromatic N) is 2. The maximum absolute atomic E-state index is 5.60. The molecule has 5 nitrogen and oxygen atoms in total. The molecular weight excluding hydrogens is 204 g/mol. The number of benzene rings is 1. The van der Waals surface area contributed by atoms with Gasteiger partial charge in [0.1, 0.15) is 5.75 Å². The van der Waals surface area contributed by atoms with Gasteiger partial charge >= 0.3 is 0 Å². The van der Waals surface area contributed by atoms with E-state index in [0.717, 1.165) is 11.3 Å². The number of hydrogen-bond donors (Lipinski definition) is 2. The maximum Gasteiger partial charge on any atom is 0.211 e. The lowest BCUT2D eigenvalue weighted by atomic mass is 10.2. The smallest absolute Gasteiger partial charge is 0.211 e. The van der Waals surface area contributed by atoms with Gasteiger partial charge < -0.3 is 16.2 Å². The molecular formula is C11H16N4O. The minimum absolute atomic E-state index is 0.0708. The molecule has 1 aromatic carbocycles. The maximum atomic E-state index is 5.60. The zero-order valence-corrected chi connectivity index (χ0v) is 9.42. The largest absolute Gasteiger partial charge is 0.490 e. The summed E-state index contributed by atoms with van der Waals surface area (Å²) in [7, 11) is 0. The average Bonchev–Trinajstić information content (AvgIpc) is 2.19. The third kappa shape index (κ3) is 4.00. The van der Waals surface area contributed by atoms with Crippen LogP contribution in [0.25, 0.3) is 0 Å². The molecule has 0 saturated carbocycles. The molecule has 0 unspecified atom stereocenters. The van der Waals surface area contributed by atoms with E-state index in [0.29, 0.717) is 0 Å². The summed E-state index contributed by atoms with van der Waals surface area (Å²) in [4.78, 5) is 0. The van der Waals surface area contributed by atoms with Crippen molar-refractivity contribution in [2.24, 2.45) is 21.7 Å². The van der Waals surface area contributed by atoms with E-state index >= 15 is 0 Å². The molecule has 0 heterocycles. The van der Waals surface area contributed by atoms with Gasteiger partial charge in [-0.3, -0.25) is 0 Å². The summed E-state index contributed by atoms with van der Waals surface area (Å²) in [5.74, 6) is 0.686. The number of para-hydroxylation sites is 1. The molecule has 4 N–H and O–H groups in total. The summed E-state index contributed by atoms with van der Waals surface area (Å²) in [6, 6.07) is 7.54. The van der Waals surface area contributed by atoms with Crippen molar-refractivity contribution >= 4 is 12.2 Å². The van der Waals surface area contributed by atoms with Crippen molar-refractivity contribution < 1.29 is 4.74 Å². The first-order chi connectivity index (χ1) is 7.59. The molecule has 0 spiro atoms. The molecule has 1 rings (SSSR count). The first kappa shape index (κ1) is 12.0. The van der Waals surface area contributed by atoms with Gasteiger partial charge in [-0.25, -0.2) is 0 Å². The number of nitrogens with two attached hydrogens (primary N) is 2. The van der Waals surface area contributed by atoms with Crippen LogP contribution in [0.1, 0.15) is 19.4 Å². The van der Waals surface area contributed by atoms with Crippen LogP contribution < -0.4 is 16.2 Å². The highest BCUT2D eigenvalue weighted by Crippen LogP contribution is 2.17. The SMILES string of the molecule is CC(C)Oc1ccccc1C=NN=C(N)N. The van der Waals surface area contributed by atoms with Crippen LogP contribution in [0.3, 0.4) is 0 Å². The van der Waals surface area contributed by atoms with Gasteiger partial charge in [0.15, 0.2) is 0 Å². The Balaban J connectivity index is 2.86. The van der Waals surface area contributed by atoms with Crippen molar-refractivity contribution in [2.75, 3.05) is 0 Å². The lowest BCUT2D eigenvalue weighted by molar-refractivity contribution is 0.242. The van der Waals surface area contributed by atoms with E-state index in [1.807, 2.05) is 38.1 Å². The lowest BCUT2D eigenvalue weighted by Crippen LogP contribution is -2.21. The van der Waals surface area contributed by atoms with E-state index in [-0.39, 0.29) is 12.1 Å². The molecule has 0 aromatic heterocycles. The molecule has 0 saturated heterocycles. The summed E-state index contributed by atoms with van der Waals surface area (Å²) in [5.41, 5.74) is 11.2. The predicted octanol–water partition coefficient (Wildman–Crippen LogP) is 1.08. The summed E-state index contributed by atoms with van der Waals surface area (Å²) < 4.78 is 5.60. The second-order valence-electron chi connectivity index (χ2n) is 3.47. The van der Waals surface area contributed by atoms with Crippen molar-refractivity contribution in [1.29, 1.82) is 0 Å². The van der Waals surface area contributed by atoms with Gasteiger partial charge in [-0.1, -0.05) is 12.1 Å². The van der Waals surface area contributed by atoms with Gasteiger partial charge in [0.2, 0.25) is 5.96 Å². The number of rotatable bonds is 4. The van der Waals surface area contributed by atoms with Crippen LogP contribution in [0.2, 0.25) is 0 Å². The van der Waals surface area contributed by atoms with E-state index < -0.39 is 0 Å². The fourth-order valence-electron chi connectivity index (χ4n) is 1.11. The zero-order valence-electron chi connectivity index (χ0n) is 9.42. The number of guanidine groups is 1. The Kier molecular flexibility index (Phi) is 4.32. The minimum Gasteiger partial charge on any atom is -0.490 e. The number of hydrogen-bond acceptors (Lipinski definition) is 3. The van der Waals surface area contributed by atoms with Crippen LogP contribution in [0.5, 0.6) is 5.75 Å². The van der Waals surface area contributed by atoms with E-state index in [1.165, 1.54) is 0 Å². The molecule has 0 aliphatic carbocycles. The molecule has 0 fully saturated rings. The Morgan fingerprint density at radius 2 is 2.00 bits per heavy atom. The van der Waals surface area contributed by atoms with Crippen LogP contribution in [0.4, 0.5) is 0 Å². The normalized spacial score (nSPS) is 10.7. The predicted molar refractivity (Wildman–Crippen MR) is 65.6 cm³/mol. The summed E-state index contributed by atoms with van der Waals surface area (Å²) in [5, 5.41) is 7.27. The Bertz CT molecular complexity index is 395. The first-order valence-corrected chi connectivity index (χ1v) is 4.97. The quantitative estimate of drug-likeness (QED) is 0.452. The summed E-state index contributed by atoms with van der Waals surface area (Å²) in [6.07, 6.45) is 1.66. The van der Waals surface area contributed by atoms with Gasteiger partial charge in [-0.15, -0.1) is 5.10 Å². The van der Waals surface area contributed by atoms with Gasteiger partial charge in [0.25, 0.3) is 0 Å². The Hall–Kier alpha value is -2.04. The summed E-state index contributed by atoms with van der Waals surface area (Å²) in [6.45, 7) is 3.92. The monoisotopic (exact) mass is 220 g/mol. The van der Waals surface area contributed by atoms with Crippen molar-refractivity contribution in [3.63, 3.8) is 0 Å². The van der Waals surface area contributed by atoms with Crippen molar-refractivity contribution in [2.45, 2.75) is 20.0 Å². The molecule has 5 heteroatoms. The molecule has 0 atom stereocenters. The zero-order chi connectivity index (χ0) is 12.0. The highest BCUT2D eigenvalue weighted by molar-refractivity contribution is 5.84. The standard InChI is InChI=1S/C11H16N4O/c1-8(2)16-10-6-4-3-5-9(10)7-14-15-11(12)13/h3-8H,1-2H3,(H4,12,13,15). The molecule has 0 aliphatic rings. The molecule has 0 aliphatic heterocycles. The third-order valence-electron chi connectivity index (χ3n) is 1.65. The fraction of sp³-hybridized carbons (Fsp3) is 0.273. The van der Waals surface area contributed by atoms with Crippen LogP contribution in [0, 0.1) is 0 Å². The molecule has 16 heavy (non-hydrogen) atoms. The van der Waals surface area contributed by atoms with Crippen LogP contribution in [0.15, 0.2) is 34.5 Å². The van der Waals surface area contributed by atoms with Crippen LogP contribution in [-0.4, -0.2) is 18.3 Å². The van der Waals surface area contributed by atoms with E-state index in [2.05, 4.69) is 10.2 Å². The number of ether oxygens (including phenoxy) is 1. The molecule has 0 amide bonds. The van der Waals surface area contributed by atoms with Gasteiger partial charge in [0.05, 0.1) is 12.3 Å². The molecule has 0 radical (unpaired) electrons. The van der Waals surface area contributed by atoms with E-state index in [1.54, 1.807) is 6.21 Å². The second kappa shape index (κ2) is 5.75. The highest BCUT2D eigenvalue weighted by Gasteiger charge is 2.01. The van der Waals surface area contributed by atoms with Crippen molar-refractivity contribution in [3.05, 3.63) is 29.8 Å². The second-order valence-corrected chi connectivity index (χ2v) is 3.47. The van der Waals surface area contributed by atoms with E-state index in [4.69, 9.17) is 16.2 Å². The van der Waals surface area contributed by atoms with Crippen LogP contribution >= 0.6 is 0 Å². The van der Waals surface area contributed by atoms with Crippen molar-refractivity contribution in [3.8, 4) is 5.75 Å². The Morgan fingerprint density at radius 1 is 1.31 bits per heavy atom. The lowest BCUT2D eigenvalue weighted by Gasteiger charge is -2.11. The minimum atomic E-state index is -0.0708. The molecule has 1 aromatic rings. The van der Waals surface area contributed by atoms with Crippen molar-refractivity contribution in [1.82, 2.24) is 0 Å². The average molecular weight is 220 g/mol. The van der Waals surface area contributed by atoms with Gasteiger partial charge in [-0.05, 0) is 26.0 Å². The molecule has 86 valence electrons. The third-order valence-corrected chi connectivity index (χ3v) is 1.65. The highest BCUT2D eigenvalue weighted by atomic mass is 16.5. The summed E-state index contributed by atoms with van der Waals surface area (Å²) >= 11 is 0. The molecule has 0 bridgehead atoms. The fourth-order valence-corrected chi connectivity index (χ4v) is 1.11. The topological polar surface area (TPSA) is 86.0 Å². The van der Waals surface area contributed by atoms with Gasteiger partial charge in [0, 0.05) is 5.56 Å². The van der Waals surface area contributed by atoms with E-state index in [9.17, 15) is 0 Å². The Morgan fingerprint density at radius 3 is 2.62 bits per heavy atom. The van der Waals surface area contributed by atoms with Crippen LogP contribution in [-0.2, 0) is 0 Å².